The molecule has 0 aromatic heterocycles. The summed E-state index contributed by atoms with van der Waals surface area (Å²) in [6, 6.07) is 14.2. The molecular formula is C19H16O2. The standard InChI is InChI=1S/C19H16O2/c20-19(21)17-11-13-6-2-3-7-14(13)16-10-9-12-5-1-4-8-15(12)18(16)17/h2-3,6-7,9-11H,1,4-5,8H2,(H,20,21). The van der Waals surface area contributed by atoms with E-state index >= 15 is 0 Å². The van der Waals surface area contributed by atoms with Gasteiger partial charge in [0.1, 0.15) is 0 Å². The molecule has 0 bridgehead atoms. The Hall–Kier alpha value is -2.35. The first-order valence-corrected chi connectivity index (χ1v) is 7.45. The first-order chi connectivity index (χ1) is 10.3. The SMILES string of the molecule is O=C(O)c1cc2ccccc2c2ccc3c(c12)CCCC3. The molecule has 0 amide bonds. The number of aromatic carboxylic acids is 1. The van der Waals surface area contributed by atoms with Gasteiger partial charge in [0.2, 0.25) is 0 Å². The number of hydrogen-bond donors (Lipinski definition) is 1. The third kappa shape index (κ3) is 1.83. The Morgan fingerprint density at radius 2 is 1.76 bits per heavy atom. The number of benzene rings is 3. The molecule has 0 unspecified atom stereocenters. The fraction of sp³-hybridized carbons (Fsp3) is 0.211. The first-order valence-electron chi connectivity index (χ1n) is 7.45. The number of carboxylic acid groups (broad SMARTS) is 1. The molecule has 104 valence electrons. The van der Waals surface area contributed by atoms with E-state index in [0.29, 0.717) is 5.56 Å². The van der Waals surface area contributed by atoms with Crippen LogP contribution in [0.2, 0.25) is 0 Å². The molecule has 3 aromatic carbocycles. The maximum atomic E-state index is 11.7. The van der Waals surface area contributed by atoms with Crippen molar-refractivity contribution >= 4 is 27.5 Å². The minimum absolute atomic E-state index is 0.447. The number of aryl methyl sites for hydroxylation is 2. The summed E-state index contributed by atoms with van der Waals surface area (Å²) >= 11 is 0. The molecule has 0 atom stereocenters. The van der Waals surface area contributed by atoms with Crippen LogP contribution in [-0.2, 0) is 12.8 Å². The van der Waals surface area contributed by atoms with Gasteiger partial charge in [-0.05, 0) is 59.0 Å². The molecule has 21 heavy (non-hydrogen) atoms. The van der Waals surface area contributed by atoms with Gasteiger partial charge in [-0.3, -0.25) is 0 Å². The number of fused-ring (bicyclic) bond motifs is 5. The smallest absolute Gasteiger partial charge is 0.336 e. The van der Waals surface area contributed by atoms with E-state index in [-0.39, 0.29) is 0 Å². The molecule has 0 fully saturated rings. The molecule has 0 saturated carbocycles. The molecule has 1 aliphatic carbocycles. The summed E-state index contributed by atoms with van der Waals surface area (Å²) in [5.74, 6) is -0.829. The maximum Gasteiger partial charge on any atom is 0.336 e. The number of rotatable bonds is 1. The molecule has 0 heterocycles. The Kier molecular flexibility index (Phi) is 2.71. The van der Waals surface area contributed by atoms with E-state index in [1.54, 1.807) is 0 Å². The first kappa shape index (κ1) is 12.4. The van der Waals surface area contributed by atoms with Crippen LogP contribution in [-0.4, -0.2) is 11.1 Å². The highest BCUT2D eigenvalue weighted by Crippen LogP contribution is 2.35. The molecule has 0 radical (unpaired) electrons. The van der Waals surface area contributed by atoms with Gasteiger partial charge in [0, 0.05) is 5.39 Å². The molecule has 0 saturated heterocycles. The van der Waals surface area contributed by atoms with Gasteiger partial charge < -0.3 is 5.11 Å². The van der Waals surface area contributed by atoms with E-state index < -0.39 is 5.97 Å². The molecule has 1 N–H and O–H groups in total. The summed E-state index contributed by atoms with van der Waals surface area (Å²) < 4.78 is 0. The van der Waals surface area contributed by atoms with Gasteiger partial charge >= 0.3 is 5.97 Å². The Labute approximate surface area is 123 Å². The monoisotopic (exact) mass is 276 g/mol. The van der Waals surface area contributed by atoms with Crippen LogP contribution in [0.15, 0.2) is 42.5 Å². The van der Waals surface area contributed by atoms with Crippen LogP contribution in [0.1, 0.15) is 34.3 Å². The summed E-state index contributed by atoms with van der Waals surface area (Å²) in [6.45, 7) is 0. The summed E-state index contributed by atoms with van der Waals surface area (Å²) in [4.78, 5) is 11.7. The highest BCUT2D eigenvalue weighted by Gasteiger charge is 2.19. The third-order valence-electron chi connectivity index (χ3n) is 4.58. The minimum Gasteiger partial charge on any atom is -0.478 e. The molecule has 0 aliphatic heterocycles. The summed E-state index contributed by atoms with van der Waals surface area (Å²) in [5, 5.41) is 13.8. The Morgan fingerprint density at radius 1 is 0.952 bits per heavy atom. The Morgan fingerprint density at radius 3 is 2.62 bits per heavy atom. The fourth-order valence-electron chi connectivity index (χ4n) is 3.62. The van der Waals surface area contributed by atoms with E-state index in [1.807, 2.05) is 24.3 Å². The van der Waals surface area contributed by atoms with Crippen molar-refractivity contribution < 1.29 is 9.90 Å². The average Bonchev–Trinajstić information content (AvgIpc) is 2.53. The van der Waals surface area contributed by atoms with Crippen molar-refractivity contribution in [2.75, 3.05) is 0 Å². The molecular weight excluding hydrogens is 260 g/mol. The van der Waals surface area contributed by atoms with E-state index in [2.05, 4.69) is 18.2 Å². The fourth-order valence-corrected chi connectivity index (χ4v) is 3.62. The zero-order valence-electron chi connectivity index (χ0n) is 11.7. The zero-order valence-corrected chi connectivity index (χ0v) is 11.7. The van der Waals surface area contributed by atoms with Crippen molar-refractivity contribution in [2.45, 2.75) is 25.7 Å². The number of carbonyl (C=O) groups is 1. The predicted octanol–water partition coefficient (Wildman–Crippen LogP) is 4.57. The van der Waals surface area contributed by atoms with E-state index in [4.69, 9.17) is 0 Å². The molecule has 4 rings (SSSR count). The van der Waals surface area contributed by atoms with Crippen LogP contribution in [0.3, 0.4) is 0 Å². The lowest BCUT2D eigenvalue weighted by Gasteiger charge is -2.20. The lowest BCUT2D eigenvalue weighted by atomic mass is 9.84. The highest BCUT2D eigenvalue weighted by molar-refractivity contribution is 6.17. The van der Waals surface area contributed by atoms with Crippen LogP contribution < -0.4 is 0 Å². The van der Waals surface area contributed by atoms with Gasteiger partial charge in [0.05, 0.1) is 5.56 Å². The second-order valence-corrected chi connectivity index (χ2v) is 5.78. The highest BCUT2D eigenvalue weighted by atomic mass is 16.4. The normalized spacial score (nSPS) is 14.3. The summed E-state index contributed by atoms with van der Waals surface area (Å²) in [7, 11) is 0. The van der Waals surface area contributed by atoms with Gasteiger partial charge in [-0.1, -0.05) is 36.4 Å². The summed E-state index contributed by atoms with van der Waals surface area (Å²) in [5.41, 5.74) is 3.02. The quantitative estimate of drug-likeness (QED) is 0.661. The minimum atomic E-state index is -0.829. The lowest BCUT2D eigenvalue weighted by Crippen LogP contribution is -2.07. The number of carboxylic acids is 1. The van der Waals surface area contributed by atoms with Crippen molar-refractivity contribution in [2.24, 2.45) is 0 Å². The van der Waals surface area contributed by atoms with Gasteiger partial charge in [-0.2, -0.15) is 0 Å². The van der Waals surface area contributed by atoms with E-state index in [9.17, 15) is 9.90 Å². The third-order valence-corrected chi connectivity index (χ3v) is 4.58. The largest absolute Gasteiger partial charge is 0.478 e. The maximum absolute atomic E-state index is 11.7. The van der Waals surface area contributed by atoms with Crippen LogP contribution in [0.25, 0.3) is 21.5 Å². The van der Waals surface area contributed by atoms with Crippen LogP contribution in [0.5, 0.6) is 0 Å². The van der Waals surface area contributed by atoms with Crippen LogP contribution in [0, 0.1) is 0 Å². The molecule has 0 spiro atoms. The summed E-state index contributed by atoms with van der Waals surface area (Å²) in [6.07, 6.45) is 4.41. The van der Waals surface area contributed by atoms with Gasteiger partial charge in [0.25, 0.3) is 0 Å². The molecule has 3 aromatic rings. The van der Waals surface area contributed by atoms with Gasteiger partial charge in [-0.25, -0.2) is 4.79 Å². The molecule has 1 aliphatic rings. The van der Waals surface area contributed by atoms with E-state index in [1.165, 1.54) is 17.5 Å². The second kappa shape index (κ2) is 4.59. The average molecular weight is 276 g/mol. The predicted molar refractivity (Wildman–Crippen MR) is 85.1 cm³/mol. The van der Waals surface area contributed by atoms with Gasteiger partial charge in [0.15, 0.2) is 0 Å². The Bertz CT molecular complexity index is 877. The van der Waals surface area contributed by atoms with Crippen molar-refractivity contribution in [1.82, 2.24) is 0 Å². The van der Waals surface area contributed by atoms with Crippen molar-refractivity contribution in [3.8, 4) is 0 Å². The second-order valence-electron chi connectivity index (χ2n) is 5.78. The molecule has 2 nitrogen and oxygen atoms in total. The molecule has 2 heteroatoms. The van der Waals surface area contributed by atoms with Crippen molar-refractivity contribution in [3.63, 3.8) is 0 Å². The van der Waals surface area contributed by atoms with Crippen molar-refractivity contribution in [1.29, 1.82) is 0 Å². The lowest BCUT2D eigenvalue weighted by molar-refractivity contribution is 0.0699. The topological polar surface area (TPSA) is 37.3 Å². The zero-order chi connectivity index (χ0) is 14.4. The van der Waals surface area contributed by atoms with Crippen molar-refractivity contribution in [3.05, 3.63) is 59.2 Å². The van der Waals surface area contributed by atoms with Gasteiger partial charge in [-0.15, -0.1) is 0 Å². The Balaban J connectivity index is 2.23. The van der Waals surface area contributed by atoms with E-state index in [0.717, 1.165) is 40.8 Å². The van der Waals surface area contributed by atoms with Crippen LogP contribution >= 0.6 is 0 Å². The van der Waals surface area contributed by atoms with Crippen LogP contribution in [0.4, 0.5) is 0 Å². The number of hydrogen-bond acceptors (Lipinski definition) is 1.